The highest BCUT2D eigenvalue weighted by Gasteiger charge is 2.20. The summed E-state index contributed by atoms with van der Waals surface area (Å²) < 4.78 is 38.9. The monoisotopic (exact) mass is 412 g/mol. The smallest absolute Gasteiger partial charge is 0.242 e. The minimum Gasteiger partial charge on any atom is -0.350 e. The minimum absolute atomic E-state index is 0.0189. The van der Waals surface area contributed by atoms with Gasteiger partial charge in [-0.2, -0.15) is 0 Å². The quantitative estimate of drug-likeness (QED) is 0.717. The fourth-order valence-corrected chi connectivity index (χ4v) is 3.95. The molecule has 0 aromatic heterocycles. The van der Waals surface area contributed by atoms with E-state index in [2.05, 4.69) is 5.32 Å². The van der Waals surface area contributed by atoms with Crippen LogP contribution in [0.4, 0.5) is 4.39 Å². The Balaban J connectivity index is 1.84. The first-order valence-corrected chi connectivity index (χ1v) is 10.3. The van der Waals surface area contributed by atoms with Gasteiger partial charge in [0, 0.05) is 25.0 Å². The zero-order valence-electron chi connectivity index (χ0n) is 15.2. The lowest BCUT2D eigenvalue weighted by atomic mass is 10.1. The molecule has 0 bridgehead atoms. The van der Waals surface area contributed by atoms with Crippen LogP contribution in [0.1, 0.15) is 31.4 Å². The number of nitrogens with one attached hydrogen (secondary N) is 1. The molecule has 0 aliphatic carbocycles. The lowest BCUT2D eigenvalue weighted by Crippen LogP contribution is -2.30. The van der Waals surface area contributed by atoms with E-state index >= 15 is 0 Å². The molecule has 0 spiro atoms. The van der Waals surface area contributed by atoms with Crippen LogP contribution in [0.3, 0.4) is 0 Å². The third-order valence-electron chi connectivity index (χ3n) is 4.12. The molecule has 1 amide bonds. The standard InChI is InChI=1S/C19H22ClFN2O3S/c1-14(15-5-3-6-16(20)13-15)22-19(24)7-4-12-23(2)27(25,26)18-10-8-17(21)9-11-18/h3,5-6,8-11,13-14H,4,7,12H2,1-2H3,(H,22,24). The van der Waals surface area contributed by atoms with Crippen molar-refractivity contribution in [1.29, 1.82) is 0 Å². The molecule has 0 fully saturated rings. The van der Waals surface area contributed by atoms with Crippen molar-refractivity contribution in [1.82, 2.24) is 9.62 Å². The van der Waals surface area contributed by atoms with E-state index in [0.717, 1.165) is 22.0 Å². The van der Waals surface area contributed by atoms with Crippen LogP contribution in [0.15, 0.2) is 53.4 Å². The molecule has 0 aliphatic heterocycles. The molecule has 2 rings (SSSR count). The molecule has 146 valence electrons. The first-order valence-electron chi connectivity index (χ1n) is 8.47. The summed E-state index contributed by atoms with van der Waals surface area (Å²) in [5.41, 5.74) is 0.895. The van der Waals surface area contributed by atoms with Gasteiger partial charge in [0.1, 0.15) is 5.82 Å². The van der Waals surface area contributed by atoms with Gasteiger partial charge in [0.15, 0.2) is 0 Å². The number of amides is 1. The van der Waals surface area contributed by atoms with E-state index in [9.17, 15) is 17.6 Å². The maximum Gasteiger partial charge on any atom is 0.242 e. The number of carbonyl (C=O) groups is 1. The summed E-state index contributed by atoms with van der Waals surface area (Å²) in [5, 5.41) is 3.46. The predicted molar refractivity (Wildman–Crippen MR) is 103 cm³/mol. The summed E-state index contributed by atoms with van der Waals surface area (Å²) in [7, 11) is -2.27. The van der Waals surface area contributed by atoms with Crippen molar-refractivity contribution in [2.45, 2.75) is 30.7 Å². The van der Waals surface area contributed by atoms with Crippen molar-refractivity contribution in [2.24, 2.45) is 0 Å². The number of rotatable bonds is 8. The van der Waals surface area contributed by atoms with Crippen LogP contribution in [0.2, 0.25) is 5.02 Å². The molecule has 5 nitrogen and oxygen atoms in total. The summed E-state index contributed by atoms with van der Waals surface area (Å²) in [6.45, 7) is 2.04. The number of hydrogen-bond donors (Lipinski definition) is 1. The molecule has 0 radical (unpaired) electrons. The second-order valence-electron chi connectivity index (χ2n) is 6.23. The maximum atomic E-state index is 13.0. The van der Waals surface area contributed by atoms with Crippen LogP contribution in [0.25, 0.3) is 0 Å². The SMILES string of the molecule is CC(NC(=O)CCCN(C)S(=O)(=O)c1ccc(F)cc1)c1cccc(Cl)c1. The molecule has 1 unspecified atom stereocenters. The van der Waals surface area contributed by atoms with E-state index < -0.39 is 15.8 Å². The molecule has 1 atom stereocenters. The largest absolute Gasteiger partial charge is 0.350 e. The van der Waals surface area contributed by atoms with Crippen LogP contribution in [-0.4, -0.2) is 32.2 Å². The van der Waals surface area contributed by atoms with E-state index in [1.54, 1.807) is 12.1 Å². The number of sulfonamides is 1. The minimum atomic E-state index is -3.70. The average Bonchev–Trinajstić information content (AvgIpc) is 2.61. The first-order chi connectivity index (χ1) is 12.7. The van der Waals surface area contributed by atoms with Crippen molar-refractivity contribution in [3.63, 3.8) is 0 Å². The van der Waals surface area contributed by atoms with Crippen LogP contribution < -0.4 is 5.32 Å². The number of nitrogens with zero attached hydrogens (tertiary/aromatic N) is 1. The van der Waals surface area contributed by atoms with Crippen molar-refractivity contribution >= 4 is 27.5 Å². The fraction of sp³-hybridized carbons (Fsp3) is 0.316. The maximum absolute atomic E-state index is 13.0. The number of halogens is 2. The van der Waals surface area contributed by atoms with Gasteiger partial charge in [0.05, 0.1) is 10.9 Å². The van der Waals surface area contributed by atoms with E-state index in [0.29, 0.717) is 11.4 Å². The predicted octanol–water partition coefficient (Wildman–Crippen LogP) is 3.76. The van der Waals surface area contributed by atoms with Gasteiger partial charge in [-0.3, -0.25) is 4.79 Å². The van der Waals surface area contributed by atoms with Crippen molar-refractivity contribution < 1.29 is 17.6 Å². The van der Waals surface area contributed by atoms with Gasteiger partial charge in [0.2, 0.25) is 15.9 Å². The summed E-state index contributed by atoms with van der Waals surface area (Å²) in [4.78, 5) is 12.1. The van der Waals surface area contributed by atoms with E-state index in [-0.39, 0.29) is 29.8 Å². The highest BCUT2D eigenvalue weighted by molar-refractivity contribution is 7.89. The molecular weight excluding hydrogens is 391 g/mol. The highest BCUT2D eigenvalue weighted by atomic mass is 35.5. The van der Waals surface area contributed by atoms with Gasteiger partial charge in [-0.1, -0.05) is 23.7 Å². The van der Waals surface area contributed by atoms with Gasteiger partial charge in [-0.25, -0.2) is 17.1 Å². The Morgan fingerprint density at radius 2 is 1.89 bits per heavy atom. The fourth-order valence-electron chi connectivity index (χ4n) is 2.54. The Morgan fingerprint density at radius 1 is 1.22 bits per heavy atom. The molecule has 2 aromatic rings. The van der Waals surface area contributed by atoms with Crippen LogP contribution in [0.5, 0.6) is 0 Å². The summed E-state index contributed by atoms with van der Waals surface area (Å²) in [5.74, 6) is -0.669. The summed E-state index contributed by atoms with van der Waals surface area (Å²) in [6.07, 6.45) is 0.555. The van der Waals surface area contributed by atoms with E-state index in [4.69, 9.17) is 11.6 Å². The molecule has 1 N–H and O–H groups in total. The molecule has 0 saturated heterocycles. The molecule has 0 saturated carbocycles. The number of carbonyl (C=O) groups excluding carboxylic acids is 1. The zero-order chi connectivity index (χ0) is 20.0. The molecule has 27 heavy (non-hydrogen) atoms. The van der Waals surface area contributed by atoms with E-state index in [1.807, 2.05) is 19.1 Å². The molecule has 0 aliphatic rings. The Hall–Kier alpha value is -1.96. The lowest BCUT2D eigenvalue weighted by Gasteiger charge is -2.18. The molecule has 2 aromatic carbocycles. The number of hydrogen-bond acceptors (Lipinski definition) is 3. The lowest BCUT2D eigenvalue weighted by molar-refractivity contribution is -0.121. The van der Waals surface area contributed by atoms with Crippen LogP contribution >= 0.6 is 11.6 Å². The van der Waals surface area contributed by atoms with Gasteiger partial charge in [0.25, 0.3) is 0 Å². The first kappa shape index (κ1) is 21.3. The molecule has 0 heterocycles. The normalized spacial score (nSPS) is 12.8. The Labute approximate surface area is 164 Å². The average molecular weight is 413 g/mol. The van der Waals surface area contributed by atoms with Crippen molar-refractivity contribution in [2.75, 3.05) is 13.6 Å². The third-order valence-corrected chi connectivity index (χ3v) is 6.23. The Kier molecular flexibility index (Phi) is 7.35. The zero-order valence-corrected chi connectivity index (χ0v) is 16.7. The van der Waals surface area contributed by atoms with Crippen LogP contribution in [-0.2, 0) is 14.8 Å². The molecular formula is C19H22ClFN2O3S. The van der Waals surface area contributed by atoms with Gasteiger partial charge in [-0.15, -0.1) is 0 Å². The van der Waals surface area contributed by atoms with Gasteiger partial charge in [-0.05, 0) is 55.3 Å². The van der Waals surface area contributed by atoms with Crippen LogP contribution in [0, 0.1) is 5.82 Å². The molecule has 8 heteroatoms. The van der Waals surface area contributed by atoms with Gasteiger partial charge < -0.3 is 5.32 Å². The third kappa shape index (κ3) is 6.02. The number of benzene rings is 2. The Morgan fingerprint density at radius 3 is 2.52 bits per heavy atom. The topological polar surface area (TPSA) is 66.5 Å². The highest BCUT2D eigenvalue weighted by Crippen LogP contribution is 2.18. The Bertz CT molecular complexity index is 888. The van der Waals surface area contributed by atoms with Crippen molar-refractivity contribution in [3.05, 3.63) is 64.9 Å². The summed E-state index contributed by atoms with van der Waals surface area (Å²) in [6, 6.07) is 11.7. The second-order valence-corrected chi connectivity index (χ2v) is 8.71. The second kappa shape index (κ2) is 9.30. The van der Waals surface area contributed by atoms with E-state index in [1.165, 1.54) is 19.2 Å². The van der Waals surface area contributed by atoms with Gasteiger partial charge >= 0.3 is 0 Å². The van der Waals surface area contributed by atoms with Crippen molar-refractivity contribution in [3.8, 4) is 0 Å². The summed E-state index contributed by atoms with van der Waals surface area (Å²) >= 11 is 5.95.